The van der Waals surface area contributed by atoms with E-state index in [1.165, 1.54) is 4.31 Å². The minimum atomic E-state index is -3.34. The third-order valence-corrected chi connectivity index (χ3v) is 5.94. The Morgan fingerprint density at radius 3 is 2.95 bits per heavy atom. The molecule has 22 heavy (non-hydrogen) atoms. The summed E-state index contributed by atoms with van der Waals surface area (Å²) in [5, 5.41) is 2.90. The predicted molar refractivity (Wildman–Crippen MR) is 84.6 cm³/mol. The molecule has 122 valence electrons. The van der Waals surface area contributed by atoms with Crippen LogP contribution in [0.4, 0.5) is 0 Å². The lowest BCUT2D eigenvalue weighted by atomic mass is 10.1. The standard InChI is InChI=1S/C15H23N3O3S/c1-3-10-22(20,21)18-9-5-7-14(18)15(19)17-12(2)13-6-4-8-16-11-13/h4,6,8,11-12,14H,3,5,7,9-10H2,1-2H3,(H,17,19). The molecule has 1 amide bonds. The molecule has 0 spiro atoms. The van der Waals surface area contributed by atoms with E-state index in [-0.39, 0.29) is 17.7 Å². The second-order valence-corrected chi connectivity index (χ2v) is 7.64. The fraction of sp³-hybridized carbons (Fsp3) is 0.600. The molecule has 2 heterocycles. The molecule has 1 aromatic heterocycles. The first-order chi connectivity index (χ1) is 10.5. The van der Waals surface area contributed by atoms with Crippen LogP contribution >= 0.6 is 0 Å². The topological polar surface area (TPSA) is 79.4 Å². The van der Waals surface area contributed by atoms with Crippen LogP contribution in [-0.4, -0.2) is 42.0 Å². The number of pyridine rings is 1. The maximum atomic E-state index is 12.5. The van der Waals surface area contributed by atoms with E-state index in [2.05, 4.69) is 10.3 Å². The largest absolute Gasteiger partial charge is 0.348 e. The third kappa shape index (κ3) is 3.84. The molecular weight excluding hydrogens is 302 g/mol. The van der Waals surface area contributed by atoms with Gasteiger partial charge in [0.1, 0.15) is 6.04 Å². The average molecular weight is 325 g/mol. The number of rotatable bonds is 6. The van der Waals surface area contributed by atoms with Crippen LogP contribution in [0.2, 0.25) is 0 Å². The predicted octanol–water partition coefficient (Wildman–Crippen LogP) is 1.46. The number of nitrogens with one attached hydrogen (secondary N) is 1. The minimum absolute atomic E-state index is 0.0922. The minimum Gasteiger partial charge on any atom is -0.348 e. The van der Waals surface area contributed by atoms with E-state index in [4.69, 9.17) is 0 Å². The molecule has 1 aliphatic heterocycles. The van der Waals surface area contributed by atoms with Crippen LogP contribution < -0.4 is 5.32 Å². The van der Waals surface area contributed by atoms with E-state index in [0.29, 0.717) is 19.4 Å². The lowest BCUT2D eigenvalue weighted by Crippen LogP contribution is -2.47. The second-order valence-electron chi connectivity index (χ2n) is 5.60. The first-order valence-electron chi connectivity index (χ1n) is 7.65. The Labute approximate surface area is 132 Å². The Morgan fingerprint density at radius 1 is 1.55 bits per heavy atom. The number of hydrogen-bond donors (Lipinski definition) is 1. The summed E-state index contributed by atoms with van der Waals surface area (Å²) in [5.74, 6) is -0.136. The van der Waals surface area contributed by atoms with Crippen molar-refractivity contribution in [3.8, 4) is 0 Å². The number of hydrogen-bond acceptors (Lipinski definition) is 4. The van der Waals surface area contributed by atoms with Crippen LogP contribution in [0, 0.1) is 0 Å². The quantitative estimate of drug-likeness (QED) is 0.859. The van der Waals surface area contributed by atoms with Gasteiger partial charge in [-0.2, -0.15) is 4.31 Å². The molecule has 1 N–H and O–H groups in total. The summed E-state index contributed by atoms with van der Waals surface area (Å²) >= 11 is 0. The highest BCUT2D eigenvalue weighted by Gasteiger charge is 2.38. The van der Waals surface area contributed by atoms with E-state index in [9.17, 15) is 13.2 Å². The molecule has 6 nitrogen and oxygen atoms in total. The summed E-state index contributed by atoms with van der Waals surface area (Å²) in [5.41, 5.74) is 0.900. The lowest BCUT2D eigenvalue weighted by molar-refractivity contribution is -0.124. The lowest BCUT2D eigenvalue weighted by Gasteiger charge is -2.25. The molecule has 0 radical (unpaired) electrons. The van der Waals surface area contributed by atoms with Crippen molar-refractivity contribution in [1.29, 1.82) is 0 Å². The van der Waals surface area contributed by atoms with Crippen molar-refractivity contribution in [2.45, 2.75) is 45.2 Å². The first-order valence-corrected chi connectivity index (χ1v) is 9.26. The number of carbonyl (C=O) groups excluding carboxylic acids is 1. The van der Waals surface area contributed by atoms with Gasteiger partial charge in [-0.15, -0.1) is 0 Å². The van der Waals surface area contributed by atoms with Crippen LogP contribution in [0.5, 0.6) is 0 Å². The second kappa shape index (κ2) is 7.19. The van der Waals surface area contributed by atoms with Gasteiger partial charge >= 0.3 is 0 Å². The Kier molecular flexibility index (Phi) is 5.52. The van der Waals surface area contributed by atoms with Crippen LogP contribution in [0.15, 0.2) is 24.5 Å². The van der Waals surface area contributed by atoms with E-state index in [1.807, 2.05) is 26.0 Å². The summed E-state index contributed by atoms with van der Waals surface area (Å²) in [6.45, 7) is 4.13. The Morgan fingerprint density at radius 2 is 2.32 bits per heavy atom. The Bertz CT molecular complexity index is 604. The normalized spacial score (nSPS) is 20.7. The van der Waals surface area contributed by atoms with Gasteiger partial charge in [0.25, 0.3) is 0 Å². The van der Waals surface area contributed by atoms with Crippen LogP contribution in [-0.2, 0) is 14.8 Å². The van der Waals surface area contributed by atoms with Crippen molar-refractivity contribution < 1.29 is 13.2 Å². The molecule has 0 aliphatic carbocycles. The maximum Gasteiger partial charge on any atom is 0.238 e. The fourth-order valence-corrected chi connectivity index (χ4v) is 4.48. The number of nitrogens with zero attached hydrogens (tertiary/aromatic N) is 2. The van der Waals surface area contributed by atoms with Crippen LogP contribution in [0.1, 0.15) is 44.7 Å². The monoisotopic (exact) mass is 325 g/mol. The van der Waals surface area contributed by atoms with Crippen molar-refractivity contribution in [3.63, 3.8) is 0 Å². The van der Waals surface area contributed by atoms with Crippen LogP contribution in [0.3, 0.4) is 0 Å². The molecule has 2 rings (SSSR count). The average Bonchev–Trinajstić information content (AvgIpc) is 2.98. The van der Waals surface area contributed by atoms with Crippen molar-refractivity contribution in [2.24, 2.45) is 0 Å². The van der Waals surface area contributed by atoms with Gasteiger partial charge in [-0.1, -0.05) is 13.0 Å². The van der Waals surface area contributed by atoms with E-state index in [1.54, 1.807) is 12.4 Å². The highest BCUT2D eigenvalue weighted by Crippen LogP contribution is 2.23. The van der Waals surface area contributed by atoms with E-state index < -0.39 is 16.1 Å². The molecule has 1 aliphatic rings. The van der Waals surface area contributed by atoms with Gasteiger partial charge in [0.05, 0.1) is 11.8 Å². The zero-order chi connectivity index (χ0) is 16.2. The van der Waals surface area contributed by atoms with Crippen LogP contribution in [0.25, 0.3) is 0 Å². The van der Waals surface area contributed by atoms with Gasteiger partial charge in [-0.3, -0.25) is 9.78 Å². The molecule has 7 heteroatoms. The van der Waals surface area contributed by atoms with Gasteiger partial charge in [-0.05, 0) is 37.8 Å². The summed E-state index contributed by atoms with van der Waals surface area (Å²) in [6.07, 6.45) is 5.23. The summed E-state index contributed by atoms with van der Waals surface area (Å²) in [6, 6.07) is 2.91. The first kappa shape index (κ1) is 16.9. The number of aromatic nitrogens is 1. The van der Waals surface area contributed by atoms with Crippen molar-refractivity contribution in [2.75, 3.05) is 12.3 Å². The molecule has 0 saturated carbocycles. The zero-order valence-electron chi connectivity index (χ0n) is 13.0. The SMILES string of the molecule is CCCS(=O)(=O)N1CCCC1C(=O)NC(C)c1cccnc1. The van der Waals surface area contributed by atoms with Gasteiger partial charge in [0.15, 0.2) is 0 Å². The Hall–Kier alpha value is -1.47. The summed E-state index contributed by atoms with van der Waals surface area (Å²) in [4.78, 5) is 16.5. The molecule has 1 fully saturated rings. The number of carbonyl (C=O) groups is 1. The van der Waals surface area contributed by atoms with Gasteiger partial charge in [0, 0.05) is 18.9 Å². The number of amides is 1. The molecule has 1 aromatic rings. The molecule has 1 saturated heterocycles. The van der Waals surface area contributed by atoms with Crippen molar-refractivity contribution in [1.82, 2.24) is 14.6 Å². The van der Waals surface area contributed by atoms with Crippen molar-refractivity contribution >= 4 is 15.9 Å². The molecule has 0 bridgehead atoms. The Balaban J connectivity index is 2.05. The summed E-state index contributed by atoms with van der Waals surface area (Å²) in [7, 11) is -3.34. The van der Waals surface area contributed by atoms with Gasteiger partial charge in [0.2, 0.25) is 15.9 Å². The molecular formula is C15H23N3O3S. The number of sulfonamides is 1. The molecule has 2 unspecified atom stereocenters. The van der Waals surface area contributed by atoms with Gasteiger partial charge < -0.3 is 5.32 Å². The third-order valence-electron chi connectivity index (χ3n) is 3.87. The molecule has 2 atom stereocenters. The fourth-order valence-electron chi connectivity index (χ4n) is 2.74. The smallest absolute Gasteiger partial charge is 0.238 e. The van der Waals surface area contributed by atoms with E-state index in [0.717, 1.165) is 12.0 Å². The highest BCUT2D eigenvalue weighted by atomic mass is 32.2. The molecule has 0 aromatic carbocycles. The van der Waals surface area contributed by atoms with Crippen molar-refractivity contribution in [3.05, 3.63) is 30.1 Å². The summed E-state index contributed by atoms with van der Waals surface area (Å²) < 4.78 is 25.8. The highest BCUT2D eigenvalue weighted by molar-refractivity contribution is 7.89. The van der Waals surface area contributed by atoms with Gasteiger partial charge in [-0.25, -0.2) is 8.42 Å². The maximum absolute atomic E-state index is 12.5. The zero-order valence-corrected chi connectivity index (χ0v) is 13.8. The van der Waals surface area contributed by atoms with E-state index >= 15 is 0 Å².